The van der Waals surface area contributed by atoms with Gasteiger partial charge in [0.2, 0.25) is 15.9 Å². The topological polar surface area (TPSA) is 66.5 Å². The summed E-state index contributed by atoms with van der Waals surface area (Å²) in [6, 6.07) is 10.1. The van der Waals surface area contributed by atoms with Gasteiger partial charge < -0.3 is 5.32 Å². The van der Waals surface area contributed by atoms with Crippen molar-refractivity contribution >= 4 is 15.9 Å². The van der Waals surface area contributed by atoms with Crippen LogP contribution in [0.1, 0.15) is 51.5 Å². The number of rotatable bonds is 9. The standard InChI is InChI=1S/C20H32N2O3S/c1-3-8-17(2)21-20(23)19-12-14-22(15-13-19)26(24,25)16-7-11-18-9-5-4-6-10-18/h4-6,9-10,17,19H,3,7-8,11-16H2,1-2H3,(H,21,23)/t17-/m1/s1. The quantitative estimate of drug-likeness (QED) is 0.716. The van der Waals surface area contributed by atoms with E-state index < -0.39 is 10.0 Å². The van der Waals surface area contributed by atoms with Crippen molar-refractivity contribution in [1.29, 1.82) is 0 Å². The molecule has 0 radical (unpaired) electrons. The zero-order chi connectivity index (χ0) is 19.0. The van der Waals surface area contributed by atoms with Gasteiger partial charge in [-0.15, -0.1) is 0 Å². The Hall–Kier alpha value is -1.40. The van der Waals surface area contributed by atoms with Gasteiger partial charge in [-0.2, -0.15) is 0 Å². The number of sulfonamides is 1. The molecule has 26 heavy (non-hydrogen) atoms. The predicted molar refractivity (Wildman–Crippen MR) is 105 cm³/mol. The van der Waals surface area contributed by atoms with E-state index in [1.165, 1.54) is 5.56 Å². The molecule has 1 aliphatic rings. The first-order chi connectivity index (χ1) is 12.4. The largest absolute Gasteiger partial charge is 0.353 e. The van der Waals surface area contributed by atoms with Crippen LogP contribution in [0.25, 0.3) is 0 Å². The third-order valence-corrected chi connectivity index (χ3v) is 7.00. The normalized spacial score (nSPS) is 17.8. The summed E-state index contributed by atoms with van der Waals surface area (Å²) >= 11 is 0. The minimum Gasteiger partial charge on any atom is -0.353 e. The lowest BCUT2D eigenvalue weighted by atomic mass is 9.96. The first-order valence-electron chi connectivity index (χ1n) is 9.74. The Morgan fingerprint density at radius 1 is 1.23 bits per heavy atom. The second-order valence-corrected chi connectivity index (χ2v) is 9.37. The number of piperidine rings is 1. The van der Waals surface area contributed by atoms with E-state index in [2.05, 4.69) is 12.2 Å². The van der Waals surface area contributed by atoms with Crippen molar-refractivity contribution in [3.8, 4) is 0 Å². The second-order valence-electron chi connectivity index (χ2n) is 7.28. The fraction of sp³-hybridized carbons (Fsp3) is 0.650. The Kier molecular flexibility index (Phi) is 8.10. The summed E-state index contributed by atoms with van der Waals surface area (Å²) in [6.07, 6.45) is 4.64. The summed E-state index contributed by atoms with van der Waals surface area (Å²) in [5.41, 5.74) is 1.17. The van der Waals surface area contributed by atoms with E-state index in [1.54, 1.807) is 4.31 Å². The number of hydrogen-bond donors (Lipinski definition) is 1. The third-order valence-electron chi connectivity index (χ3n) is 5.04. The highest BCUT2D eigenvalue weighted by Crippen LogP contribution is 2.21. The van der Waals surface area contributed by atoms with Gasteiger partial charge in [-0.25, -0.2) is 12.7 Å². The maximum absolute atomic E-state index is 12.5. The average molecular weight is 381 g/mol. The van der Waals surface area contributed by atoms with Gasteiger partial charge in [0, 0.05) is 25.0 Å². The number of amides is 1. The molecule has 0 bridgehead atoms. The Morgan fingerprint density at radius 3 is 2.50 bits per heavy atom. The average Bonchev–Trinajstić information content (AvgIpc) is 2.63. The van der Waals surface area contributed by atoms with Crippen LogP contribution in [0, 0.1) is 5.92 Å². The molecule has 0 unspecified atom stereocenters. The molecule has 0 spiro atoms. The molecule has 1 amide bonds. The van der Waals surface area contributed by atoms with Gasteiger partial charge in [0.25, 0.3) is 0 Å². The van der Waals surface area contributed by atoms with Crippen LogP contribution in [-0.2, 0) is 21.2 Å². The molecular weight excluding hydrogens is 348 g/mol. The second kappa shape index (κ2) is 10.1. The van der Waals surface area contributed by atoms with E-state index in [0.717, 1.165) is 19.3 Å². The van der Waals surface area contributed by atoms with Crippen LogP contribution in [0.15, 0.2) is 30.3 Å². The Bertz CT molecular complexity index is 653. The first-order valence-corrected chi connectivity index (χ1v) is 11.4. The van der Waals surface area contributed by atoms with Crippen molar-refractivity contribution in [2.45, 2.75) is 58.4 Å². The maximum Gasteiger partial charge on any atom is 0.223 e. The van der Waals surface area contributed by atoms with Crippen LogP contribution < -0.4 is 5.32 Å². The van der Waals surface area contributed by atoms with E-state index in [4.69, 9.17) is 0 Å². The van der Waals surface area contributed by atoms with Crippen LogP contribution in [-0.4, -0.2) is 43.5 Å². The van der Waals surface area contributed by atoms with E-state index in [9.17, 15) is 13.2 Å². The lowest BCUT2D eigenvalue weighted by Crippen LogP contribution is -2.45. The molecule has 146 valence electrons. The number of nitrogens with one attached hydrogen (secondary N) is 1. The lowest BCUT2D eigenvalue weighted by molar-refractivity contribution is -0.126. The van der Waals surface area contributed by atoms with Gasteiger partial charge in [0.15, 0.2) is 0 Å². The molecule has 1 aliphatic heterocycles. The molecule has 1 N–H and O–H groups in total. The number of aryl methyl sites for hydroxylation is 1. The molecule has 1 aromatic rings. The Morgan fingerprint density at radius 2 is 1.88 bits per heavy atom. The maximum atomic E-state index is 12.5. The number of nitrogens with zero attached hydrogens (tertiary/aromatic N) is 1. The van der Waals surface area contributed by atoms with E-state index >= 15 is 0 Å². The molecule has 6 heteroatoms. The highest BCUT2D eigenvalue weighted by Gasteiger charge is 2.31. The van der Waals surface area contributed by atoms with Gasteiger partial charge in [-0.3, -0.25) is 4.79 Å². The summed E-state index contributed by atoms with van der Waals surface area (Å²) in [5.74, 6) is 0.184. The molecule has 0 aliphatic carbocycles. The monoisotopic (exact) mass is 380 g/mol. The number of carbonyl (C=O) groups excluding carboxylic acids is 1. The zero-order valence-electron chi connectivity index (χ0n) is 16.0. The molecule has 5 nitrogen and oxygen atoms in total. The number of hydrogen-bond acceptors (Lipinski definition) is 3. The van der Waals surface area contributed by atoms with Crippen LogP contribution in [0.5, 0.6) is 0 Å². The summed E-state index contributed by atoms with van der Waals surface area (Å²) in [4.78, 5) is 12.3. The molecule has 1 heterocycles. The van der Waals surface area contributed by atoms with Gasteiger partial charge in [0.05, 0.1) is 5.75 Å². The molecule has 1 fully saturated rings. The minimum atomic E-state index is -3.23. The van der Waals surface area contributed by atoms with Gasteiger partial charge in [0.1, 0.15) is 0 Å². The smallest absolute Gasteiger partial charge is 0.223 e. The molecule has 1 saturated heterocycles. The predicted octanol–water partition coefficient (Wildman–Crippen LogP) is 2.97. The van der Waals surface area contributed by atoms with Crippen LogP contribution in [0.2, 0.25) is 0 Å². The fourth-order valence-corrected chi connectivity index (χ4v) is 5.03. The van der Waals surface area contributed by atoms with Gasteiger partial charge in [-0.1, -0.05) is 43.7 Å². The van der Waals surface area contributed by atoms with Crippen LogP contribution in [0.3, 0.4) is 0 Å². The van der Waals surface area contributed by atoms with E-state index in [-0.39, 0.29) is 23.6 Å². The summed E-state index contributed by atoms with van der Waals surface area (Å²) in [6.45, 7) is 5.03. The summed E-state index contributed by atoms with van der Waals surface area (Å²) in [7, 11) is -3.23. The Labute approximate surface area is 158 Å². The SMILES string of the molecule is CCC[C@@H](C)NC(=O)C1CCN(S(=O)(=O)CCCc2ccccc2)CC1. The minimum absolute atomic E-state index is 0.0647. The molecular formula is C20H32N2O3S. The Balaban J connectivity index is 1.76. The van der Waals surface area contributed by atoms with Crippen LogP contribution >= 0.6 is 0 Å². The van der Waals surface area contributed by atoms with Gasteiger partial charge >= 0.3 is 0 Å². The molecule has 1 atom stereocenters. The molecule has 0 aromatic heterocycles. The molecule has 1 aromatic carbocycles. The lowest BCUT2D eigenvalue weighted by Gasteiger charge is -2.31. The number of carbonyl (C=O) groups is 1. The van der Waals surface area contributed by atoms with Crippen molar-refractivity contribution in [2.75, 3.05) is 18.8 Å². The molecule has 2 rings (SSSR count). The van der Waals surface area contributed by atoms with Crippen molar-refractivity contribution in [2.24, 2.45) is 5.92 Å². The number of benzene rings is 1. The third kappa shape index (κ3) is 6.40. The van der Waals surface area contributed by atoms with E-state index in [1.807, 2.05) is 37.3 Å². The van der Waals surface area contributed by atoms with Crippen molar-refractivity contribution in [3.05, 3.63) is 35.9 Å². The summed E-state index contributed by atoms with van der Waals surface area (Å²) in [5, 5.41) is 3.05. The van der Waals surface area contributed by atoms with Crippen molar-refractivity contribution in [3.63, 3.8) is 0 Å². The van der Waals surface area contributed by atoms with Crippen LogP contribution in [0.4, 0.5) is 0 Å². The zero-order valence-corrected chi connectivity index (χ0v) is 16.8. The highest BCUT2D eigenvalue weighted by atomic mass is 32.2. The van der Waals surface area contributed by atoms with Crippen molar-refractivity contribution < 1.29 is 13.2 Å². The first kappa shape index (κ1) is 20.9. The van der Waals surface area contributed by atoms with E-state index in [0.29, 0.717) is 32.4 Å². The summed E-state index contributed by atoms with van der Waals surface area (Å²) < 4.78 is 26.6. The van der Waals surface area contributed by atoms with Gasteiger partial charge in [-0.05, 0) is 44.6 Å². The van der Waals surface area contributed by atoms with Crippen molar-refractivity contribution in [1.82, 2.24) is 9.62 Å². The fourth-order valence-electron chi connectivity index (χ4n) is 3.49. The molecule has 0 saturated carbocycles. The highest BCUT2D eigenvalue weighted by molar-refractivity contribution is 7.89.